The Morgan fingerprint density at radius 1 is 1.03 bits per heavy atom. The van der Waals surface area contributed by atoms with Gasteiger partial charge in [-0.25, -0.2) is 4.79 Å². The van der Waals surface area contributed by atoms with Crippen molar-refractivity contribution in [3.8, 4) is 0 Å². The summed E-state index contributed by atoms with van der Waals surface area (Å²) in [4.78, 5) is 47.5. The maximum Gasteiger partial charge on any atom is 0.408 e. The molecule has 1 aromatic carbocycles. The first-order valence-corrected chi connectivity index (χ1v) is 9.39. The van der Waals surface area contributed by atoms with Crippen LogP contribution in [0.3, 0.4) is 0 Å². The van der Waals surface area contributed by atoms with Gasteiger partial charge in [0.2, 0.25) is 11.8 Å². The molecule has 10 heteroatoms. The van der Waals surface area contributed by atoms with E-state index in [9.17, 15) is 24.3 Å². The highest BCUT2D eigenvalue weighted by Crippen LogP contribution is 2.07. The van der Waals surface area contributed by atoms with Gasteiger partial charge >= 0.3 is 12.1 Å². The van der Waals surface area contributed by atoms with Crippen molar-refractivity contribution in [3.05, 3.63) is 35.9 Å². The number of hydrogen-bond acceptors (Lipinski definition) is 7. The van der Waals surface area contributed by atoms with Crippen molar-refractivity contribution in [1.29, 1.82) is 0 Å². The van der Waals surface area contributed by atoms with Gasteiger partial charge in [0.05, 0.1) is 12.6 Å². The van der Waals surface area contributed by atoms with Crippen LogP contribution in [0, 0.1) is 0 Å². The molecule has 3 amide bonds. The summed E-state index contributed by atoms with van der Waals surface area (Å²) in [6, 6.07) is 7.74. The lowest BCUT2D eigenvalue weighted by Crippen LogP contribution is -2.54. The zero-order valence-electron chi connectivity index (χ0n) is 17.6. The Bertz CT molecular complexity index is 730. The fraction of sp³-hybridized carbons (Fsp3) is 0.500. The molecule has 0 unspecified atom stereocenters. The molecule has 0 bridgehead atoms. The summed E-state index contributed by atoms with van der Waals surface area (Å²) in [5.41, 5.74) is 0.0322. The molecule has 0 fully saturated rings. The van der Waals surface area contributed by atoms with Crippen LogP contribution >= 0.6 is 0 Å². The highest BCUT2D eigenvalue weighted by atomic mass is 16.6. The lowest BCUT2D eigenvalue weighted by Gasteiger charge is -2.24. The van der Waals surface area contributed by atoms with E-state index in [1.807, 2.05) is 18.2 Å². The number of hydrogen-bond donors (Lipinski definition) is 4. The Morgan fingerprint density at radius 2 is 1.67 bits per heavy atom. The number of esters is 1. The molecule has 166 valence electrons. The number of nitrogens with one attached hydrogen (secondary N) is 3. The Hall–Kier alpha value is -3.14. The molecule has 0 aromatic heterocycles. The molecular weight excluding hydrogens is 394 g/mol. The number of rotatable bonds is 9. The van der Waals surface area contributed by atoms with Gasteiger partial charge in [0, 0.05) is 0 Å². The maximum atomic E-state index is 12.2. The first-order chi connectivity index (χ1) is 14.0. The summed E-state index contributed by atoms with van der Waals surface area (Å²) >= 11 is 0. The molecule has 0 aliphatic rings. The van der Waals surface area contributed by atoms with Crippen LogP contribution in [0.4, 0.5) is 4.79 Å². The van der Waals surface area contributed by atoms with E-state index in [0.29, 0.717) is 0 Å². The smallest absolute Gasteiger partial charge is 0.408 e. The molecule has 0 spiro atoms. The summed E-state index contributed by atoms with van der Waals surface area (Å²) in [6.07, 6.45) is -2.11. The number of ether oxygens (including phenoxy) is 2. The van der Waals surface area contributed by atoms with Crippen LogP contribution < -0.4 is 16.0 Å². The monoisotopic (exact) mass is 423 g/mol. The second-order valence-electron chi connectivity index (χ2n) is 7.51. The molecule has 10 nitrogen and oxygen atoms in total. The third kappa shape index (κ3) is 10.4. The van der Waals surface area contributed by atoms with Crippen molar-refractivity contribution >= 4 is 23.9 Å². The fourth-order valence-corrected chi connectivity index (χ4v) is 2.14. The van der Waals surface area contributed by atoms with E-state index in [0.717, 1.165) is 5.56 Å². The van der Waals surface area contributed by atoms with Gasteiger partial charge in [0.25, 0.3) is 0 Å². The SMILES string of the molecule is C[C@@H](O)[C@H](NC(=O)OC(C)(C)C)C(=O)NCC(=O)NCC(=O)OCc1ccccc1. The highest BCUT2D eigenvalue weighted by Gasteiger charge is 2.28. The minimum atomic E-state index is -1.32. The molecule has 4 N–H and O–H groups in total. The number of carbonyl (C=O) groups is 4. The van der Waals surface area contributed by atoms with E-state index < -0.39 is 48.2 Å². The number of benzene rings is 1. The van der Waals surface area contributed by atoms with Crippen LogP contribution in [0.1, 0.15) is 33.3 Å². The van der Waals surface area contributed by atoms with Crippen molar-refractivity contribution in [3.63, 3.8) is 0 Å². The van der Waals surface area contributed by atoms with Crippen molar-refractivity contribution in [2.75, 3.05) is 13.1 Å². The maximum absolute atomic E-state index is 12.2. The van der Waals surface area contributed by atoms with Gasteiger partial charge in [0.1, 0.15) is 24.8 Å². The van der Waals surface area contributed by atoms with Crippen LogP contribution in [-0.2, 0) is 30.5 Å². The summed E-state index contributed by atoms with van der Waals surface area (Å²) in [7, 11) is 0. The number of amides is 3. The van der Waals surface area contributed by atoms with Crippen molar-refractivity contribution < 1.29 is 33.8 Å². The van der Waals surface area contributed by atoms with Gasteiger partial charge in [-0.2, -0.15) is 0 Å². The molecule has 0 saturated heterocycles. The molecule has 0 aliphatic carbocycles. The second kappa shape index (κ2) is 11.8. The summed E-state index contributed by atoms with van der Waals surface area (Å²) in [6.45, 7) is 5.53. The highest BCUT2D eigenvalue weighted by molar-refractivity contribution is 5.90. The Labute approximate surface area is 175 Å². The molecule has 2 atom stereocenters. The van der Waals surface area contributed by atoms with Crippen molar-refractivity contribution in [1.82, 2.24) is 16.0 Å². The van der Waals surface area contributed by atoms with Gasteiger partial charge in [-0.3, -0.25) is 14.4 Å². The zero-order chi connectivity index (χ0) is 22.7. The van der Waals surface area contributed by atoms with Crippen LogP contribution in [0.2, 0.25) is 0 Å². The number of carbonyl (C=O) groups excluding carboxylic acids is 4. The minimum absolute atomic E-state index is 0.0820. The number of aliphatic hydroxyl groups excluding tert-OH is 1. The standard InChI is InChI=1S/C20H29N3O7/c1-13(24)17(23-19(28)30-20(2,3)4)18(27)22-10-15(25)21-11-16(26)29-12-14-8-6-5-7-9-14/h5-9,13,17,24H,10-12H2,1-4H3,(H,21,25)(H,22,27)(H,23,28)/t13-,17+/m1/s1. The molecule has 0 heterocycles. The van der Waals surface area contributed by atoms with Crippen LogP contribution in [-0.4, -0.2) is 59.8 Å². The Morgan fingerprint density at radius 3 is 2.23 bits per heavy atom. The van der Waals surface area contributed by atoms with Crippen LogP contribution in [0.25, 0.3) is 0 Å². The van der Waals surface area contributed by atoms with E-state index in [1.165, 1.54) is 6.92 Å². The van der Waals surface area contributed by atoms with Crippen LogP contribution in [0.5, 0.6) is 0 Å². The summed E-state index contributed by atoms with van der Waals surface area (Å²) < 4.78 is 10.1. The van der Waals surface area contributed by atoms with E-state index in [-0.39, 0.29) is 13.2 Å². The van der Waals surface area contributed by atoms with Gasteiger partial charge in [0.15, 0.2) is 0 Å². The van der Waals surface area contributed by atoms with Gasteiger partial charge < -0.3 is 30.5 Å². The molecule has 0 aliphatic heterocycles. The first kappa shape index (κ1) is 24.9. The normalized spacial score (nSPS) is 12.8. The van der Waals surface area contributed by atoms with E-state index >= 15 is 0 Å². The molecule has 0 radical (unpaired) electrons. The molecule has 1 aromatic rings. The van der Waals surface area contributed by atoms with Gasteiger partial charge in [-0.1, -0.05) is 30.3 Å². The largest absolute Gasteiger partial charge is 0.460 e. The first-order valence-electron chi connectivity index (χ1n) is 9.39. The quantitative estimate of drug-likeness (QED) is 0.417. The Balaban J connectivity index is 2.37. The topological polar surface area (TPSA) is 143 Å². The summed E-state index contributed by atoms with van der Waals surface area (Å²) in [5, 5.41) is 16.6. The van der Waals surface area contributed by atoms with E-state index in [4.69, 9.17) is 9.47 Å². The zero-order valence-corrected chi connectivity index (χ0v) is 17.6. The Kier molecular flexibility index (Phi) is 9.76. The minimum Gasteiger partial charge on any atom is -0.460 e. The average Bonchev–Trinajstić information content (AvgIpc) is 2.66. The average molecular weight is 423 g/mol. The lowest BCUT2D eigenvalue weighted by molar-refractivity contribution is -0.145. The third-order valence-corrected chi connectivity index (χ3v) is 3.53. The van der Waals surface area contributed by atoms with Crippen molar-refractivity contribution in [2.45, 2.75) is 52.0 Å². The number of alkyl carbamates (subject to hydrolysis) is 1. The molecule has 0 saturated carbocycles. The van der Waals surface area contributed by atoms with Crippen molar-refractivity contribution in [2.24, 2.45) is 0 Å². The van der Waals surface area contributed by atoms with Gasteiger partial charge in [-0.05, 0) is 33.3 Å². The fourth-order valence-electron chi connectivity index (χ4n) is 2.14. The lowest BCUT2D eigenvalue weighted by atomic mass is 10.1. The predicted octanol–water partition coefficient (Wildman–Crippen LogP) is 0.236. The second-order valence-corrected chi connectivity index (χ2v) is 7.51. The van der Waals surface area contributed by atoms with E-state index in [1.54, 1.807) is 32.9 Å². The number of aliphatic hydroxyl groups is 1. The molecular formula is C20H29N3O7. The van der Waals surface area contributed by atoms with Crippen LogP contribution in [0.15, 0.2) is 30.3 Å². The molecule has 30 heavy (non-hydrogen) atoms. The summed E-state index contributed by atoms with van der Waals surface area (Å²) in [5.74, 6) is -2.05. The van der Waals surface area contributed by atoms with Gasteiger partial charge in [-0.15, -0.1) is 0 Å². The van der Waals surface area contributed by atoms with E-state index in [2.05, 4.69) is 16.0 Å². The molecule has 1 rings (SSSR count). The third-order valence-electron chi connectivity index (χ3n) is 3.53. The predicted molar refractivity (Wildman–Crippen MR) is 107 cm³/mol.